The molecule has 2 unspecified atom stereocenters. The number of anilines is 1. The van der Waals surface area contributed by atoms with E-state index in [0.717, 1.165) is 15.8 Å². The van der Waals surface area contributed by atoms with Crippen molar-refractivity contribution >= 4 is 32.6 Å². The average Bonchev–Trinajstić information content (AvgIpc) is 3.19. The van der Waals surface area contributed by atoms with E-state index in [-0.39, 0.29) is 5.91 Å². The number of hydrogen-bond donors (Lipinski definition) is 0. The molecule has 0 saturated carbocycles. The maximum Gasteiger partial charge on any atom is 0.273 e. The van der Waals surface area contributed by atoms with Crippen molar-refractivity contribution in [2.45, 2.75) is 26.1 Å². The SMILES string of the molecule is COc1ccc(C)c2sc(N(CCN(C)C)C(=O)C3Oc4ccccc4OC3C)nc12. The van der Waals surface area contributed by atoms with Crippen molar-refractivity contribution in [3.05, 3.63) is 42.0 Å². The summed E-state index contributed by atoms with van der Waals surface area (Å²) in [6, 6.07) is 11.3. The van der Waals surface area contributed by atoms with Gasteiger partial charge in [0.15, 0.2) is 16.6 Å². The van der Waals surface area contributed by atoms with Gasteiger partial charge in [0.2, 0.25) is 6.10 Å². The van der Waals surface area contributed by atoms with Gasteiger partial charge >= 0.3 is 0 Å². The summed E-state index contributed by atoms with van der Waals surface area (Å²) in [6.07, 6.45) is -1.18. The van der Waals surface area contributed by atoms with E-state index in [2.05, 4.69) is 0 Å². The second-order valence-corrected chi connectivity index (χ2v) is 8.84. The quantitative estimate of drug-likeness (QED) is 0.581. The third-order valence-electron chi connectivity index (χ3n) is 5.27. The first-order valence-electron chi connectivity index (χ1n) is 10.2. The molecular formula is C23H27N3O4S. The lowest BCUT2D eigenvalue weighted by molar-refractivity contribution is -0.130. The van der Waals surface area contributed by atoms with E-state index in [1.165, 1.54) is 11.3 Å². The maximum atomic E-state index is 13.7. The Morgan fingerprint density at radius 2 is 1.84 bits per heavy atom. The summed E-state index contributed by atoms with van der Waals surface area (Å²) in [7, 11) is 5.59. The minimum atomic E-state index is -0.757. The van der Waals surface area contributed by atoms with Crippen LogP contribution in [0.1, 0.15) is 12.5 Å². The van der Waals surface area contributed by atoms with Crippen LogP contribution in [0.4, 0.5) is 5.13 Å². The number of ether oxygens (including phenoxy) is 3. The van der Waals surface area contributed by atoms with Gasteiger partial charge in [-0.3, -0.25) is 9.69 Å². The molecule has 0 bridgehead atoms. The summed E-state index contributed by atoms with van der Waals surface area (Å²) >= 11 is 1.49. The van der Waals surface area contributed by atoms with Gasteiger partial charge in [-0.05, 0) is 51.7 Å². The van der Waals surface area contributed by atoms with Crippen molar-refractivity contribution in [2.75, 3.05) is 39.2 Å². The van der Waals surface area contributed by atoms with Gasteiger partial charge in [-0.15, -0.1) is 0 Å². The van der Waals surface area contributed by atoms with Crippen LogP contribution in [0.15, 0.2) is 36.4 Å². The van der Waals surface area contributed by atoms with Gasteiger partial charge in [0.05, 0.1) is 11.8 Å². The highest BCUT2D eigenvalue weighted by molar-refractivity contribution is 7.22. The Labute approximate surface area is 186 Å². The molecule has 3 aromatic rings. The smallest absolute Gasteiger partial charge is 0.273 e. The molecule has 1 aromatic heterocycles. The molecule has 2 heterocycles. The van der Waals surface area contributed by atoms with E-state index < -0.39 is 12.2 Å². The van der Waals surface area contributed by atoms with Crippen LogP contribution in [0.2, 0.25) is 0 Å². The number of carbonyl (C=O) groups is 1. The van der Waals surface area contributed by atoms with Gasteiger partial charge < -0.3 is 19.1 Å². The average molecular weight is 442 g/mol. The fraction of sp³-hybridized carbons (Fsp3) is 0.391. The first-order valence-corrected chi connectivity index (χ1v) is 11.0. The second-order valence-electron chi connectivity index (χ2n) is 7.86. The Morgan fingerprint density at radius 1 is 1.13 bits per heavy atom. The van der Waals surface area contributed by atoms with E-state index >= 15 is 0 Å². The van der Waals surface area contributed by atoms with Crippen molar-refractivity contribution in [3.8, 4) is 17.2 Å². The molecule has 2 aromatic carbocycles. The summed E-state index contributed by atoms with van der Waals surface area (Å²) in [5.74, 6) is 1.76. The van der Waals surface area contributed by atoms with Crippen molar-refractivity contribution in [1.29, 1.82) is 0 Å². The zero-order valence-electron chi connectivity index (χ0n) is 18.4. The van der Waals surface area contributed by atoms with E-state index in [4.69, 9.17) is 19.2 Å². The molecule has 2 atom stereocenters. The highest BCUT2D eigenvalue weighted by atomic mass is 32.1. The summed E-state index contributed by atoms with van der Waals surface area (Å²) in [4.78, 5) is 22.2. The van der Waals surface area contributed by atoms with Crippen LogP contribution in [0.5, 0.6) is 17.2 Å². The number of likely N-dealkylation sites (N-methyl/N-ethyl adjacent to an activating group) is 1. The molecule has 1 aliphatic heterocycles. The Morgan fingerprint density at radius 3 is 2.52 bits per heavy atom. The number of benzene rings is 2. The van der Waals surface area contributed by atoms with Crippen molar-refractivity contribution in [3.63, 3.8) is 0 Å². The van der Waals surface area contributed by atoms with E-state index in [9.17, 15) is 4.79 Å². The van der Waals surface area contributed by atoms with Crippen LogP contribution in [0.3, 0.4) is 0 Å². The van der Waals surface area contributed by atoms with Gasteiger partial charge in [0.1, 0.15) is 17.4 Å². The summed E-state index contributed by atoms with van der Waals surface area (Å²) in [6.45, 7) is 5.07. The molecule has 8 heteroatoms. The van der Waals surface area contributed by atoms with E-state index in [1.54, 1.807) is 12.0 Å². The molecule has 0 aliphatic carbocycles. The number of aromatic nitrogens is 1. The van der Waals surface area contributed by atoms with Crippen LogP contribution < -0.4 is 19.1 Å². The van der Waals surface area contributed by atoms with Gasteiger partial charge in [-0.2, -0.15) is 0 Å². The Bertz CT molecular complexity index is 1100. The standard InChI is InChI=1S/C23H27N3O4S/c1-14-10-11-18(28-5)19-21(14)31-23(24-19)26(13-12-25(3)4)22(27)20-15(2)29-16-8-6-7-9-17(16)30-20/h6-11,15,20H,12-13H2,1-5H3. The Kier molecular flexibility index (Phi) is 6.02. The van der Waals surface area contributed by atoms with Crippen LogP contribution in [-0.4, -0.2) is 62.3 Å². The minimum absolute atomic E-state index is 0.167. The zero-order valence-corrected chi connectivity index (χ0v) is 19.2. The highest BCUT2D eigenvalue weighted by Gasteiger charge is 2.38. The number of nitrogens with zero attached hydrogens (tertiary/aromatic N) is 3. The molecular weight excluding hydrogens is 414 g/mol. The third kappa shape index (κ3) is 4.18. The largest absolute Gasteiger partial charge is 0.494 e. The van der Waals surface area contributed by atoms with Crippen LogP contribution in [0.25, 0.3) is 10.2 Å². The Balaban J connectivity index is 1.71. The van der Waals surface area contributed by atoms with Crippen LogP contribution in [0, 0.1) is 6.92 Å². The predicted octanol–water partition coefficient (Wildman–Crippen LogP) is 3.74. The number of amides is 1. The third-order valence-corrected chi connectivity index (χ3v) is 6.48. The Hall–Kier alpha value is -2.84. The molecule has 0 saturated heterocycles. The molecule has 0 radical (unpaired) electrons. The lowest BCUT2D eigenvalue weighted by Gasteiger charge is -2.34. The number of para-hydroxylation sites is 2. The first-order chi connectivity index (χ1) is 14.9. The topological polar surface area (TPSA) is 64.1 Å². The number of thiazole rings is 1. The lowest BCUT2D eigenvalue weighted by atomic mass is 10.1. The van der Waals surface area contributed by atoms with Crippen molar-refractivity contribution < 1.29 is 19.0 Å². The van der Waals surface area contributed by atoms with Gasteiger partial charge in [0.25, 0.3) is 5.91 Å². The molecule has 4 rings (SSSR count). The van der Waals surface area contributed by atoms with Gasteiger partial charge in [-0.1, -0.05) is 29.5 Å². The van der Waals surface area contributed by atoms with Gasteiger partial charge in [-0.25, -0.2) is 4.98 Å². The normalized spacial score (nSPS) is 17.7. The zero-order chi connectivity index (χ0) is 22.1. The van der Waals surface area contributed by atoms with Crippen molar-refractivity contribution in [2.24, 2.45) is 0 Å². The predicted molar refractivity (Wildman–Crippen MR) is 123 cm³/mol. The molecule has 1 amide bonds. The fourth-order valence-corrected chi connectivity index (χ4v) is 4.61. The molecule has 1 aliphatic rings. The molecule has 164 valence electrons. The minimum Gasteiger partial charge on any atom is -0.494 e. The number of carbonyl (C=O) groups excluding carboxylic acids is 1. The lowest BCUT2D eigenvalue weighted by Crippen LogP contribution is -2.52. The van der Waals surface area contributed by atoms with E-state index in [0.29, 0.717) is 35.5 Å². The summed E-state index contributed by atoms with van der Waals surface area (Å²) < 4.78 is 18.6. The number of methoxy groups -OCH3 is 1. The van der Waals surface area contributed by atoms with Crippen molar-refractivity contribution in [1.82, 2.24) is 9.88 Å². The maximum absolute atomic E-state index is 13.7. The summed E-state index contributed by atoms with van der Waals surface area (Å²) in [5, 5.41) is 0.629. The second kappa shape index (κ2) is 8.72. The first kappa shape index (κ1) is 21.4. The molecule has 31 heavy (non-hydrogen) atoms. The number of aryl methyl sites for hydroxylation is 1. The number of fused-ring (bicyclic) bond motifs is 2. The number of hydrogen-bond acceptors (Lipinski definition) is 7. The molecule has 7 nitrogen and oxygen atoms in total. The van der Waals surface area contributed by atoms with Gasteiger partial charge in [0, 0.05) is 13.1 Å². The van der Waals surface area contributed by atoms with Crippen LogP contribution >= 0.6 is 11.3 Å². The van der Waals surface area contributed by atoms with E-state index in [1.807, 2.05) is 69.2 Å². The monoisotopic (exact) mass is 441 g/mol. The fourth-order valence-electron chi connectivity index (χ4n) is 3.52. The molecule has 0 fully saturated rings. The summed E-state index contributed by atoms with van der Waals surface area (Å²) in [5.41, 5.74) is 1.86. The number of rotatable bonds is 6. The molecule has 0 N–H and O–H groups in total. The highest BCUT2D eigenvalue weighted by Crippen LogP contribution is 2.38. The molecule has 0 spiro atoms. The van der Waals surface area contributed by atoms with Crippen LogP contribution in [-0.2, 0) is 4.79 Å².